The number of anilines is 1. The number of aliphatic hydroxyl groups is 1. The molecule has 0 radical (unpaired) electrons. The number of carbonyl (C=O) groups is 1. The van der Waals surface area contributed by atoms with Crippen molar-refractivity contribution in [2.24, 2.45) is 0 Å². The Labute approximate surface area is 108 Å². The number of hydrogen-bond acceptors (Lipinski definition) is 2. The lowest BCUT2D eigenvalue weighted by Crippen LogP contribution is -2.39. The number of urea groups is 1. The van der Waals surface area contributed by atoms with Crippen molar-refractivity contribution in [3.63, 3.8) is 0 Å². The van der Waals surface area contributed by atoms with E-state index in [4.69, 9.17) is 5.11 Å². The van der Waals surface area contributed by atoms with Crippen molar-refractivity contribution < 1.29 is 23.1 Å². The van der Waals surface area contributed by atoms with E-state index >= 15 is 0 Å². The van der Waals surface area contributed by atoms with Crippen LogP contribution in [0.5, 0.6) is 0 Å². The highest BCUT2D eigenvalue weighted by molar-refractivity contribution is 5.89. The number of alkyl halides is 3. The third-order valence-corrected chi connectivity index (χ3v) is 2.52. The van der Waals surface area contributed by atoms with Gasteiger partial charge >= 0.3 is 12.2 Å². The summed E-state index contributed by atoms with van der Waals surface area (Å²) in [7, 11) is 0. The van der Waals surface area contributed by atoms with Crippen molar-refractivity contribution in [3.05, 3.63) is 29.8 Å². The van der Waals surface area contributed by atoms with Crippen molar-refractivity contribution >= 4 is 11.7 Å². The highest BCUT2D eigenvalue weighted by atomic mass is 19.4. The van der Waals surface area contributed by atoms with E-state index in [1.54, 1.807) is 6.92 Å². The first-order chi connectivity index (χ1) is 8.86. The third-order valence-electron chi connectivity index (χ3n) is 2.52. The minimum absolute atomic E-state index is 0.197. The molecule has 0 heterocycles. The summed E-state index contributed by atoms with van der Waals surface area (Å²) in [6.45, 7) is 1.59. The Kier molecular flexibility index (Phi) is 5.17. The predicted octanol–water partition coefficient (Wildman–Crippen LogP) is 2.60. The second kappa shape index (κ2) is 6.42. The molecule has 2 amide bonds. The fourth-order valence-corrected chi connectivity index (χ4v) is 1.37. The monoisotopic (exact) mass is 276 g/mol. The maximum atomic E-state index is 12.3. The largest absolute Gasteiger partial charge is 0.416 e. The molecule has 19 heavy (non-hydrogen) atoms. The van der Waals surface area contributed by atoms with Gasteiger partial charge in [0.25, 0.3) is 0 Å². The molecule has 1 aromatic rings. The summed E-state index contributed by atoms with van der Waals surface area (Å²) in [6.07, 6.45) is -3.85. The lowest BCUT2D eigenvalue weighted by Gasteiger charge is -2.15. The fraction of sp³-hybridized carbons (Fsp3) is 0.417. The standard InChI is InChI=1S/C12H15F3N2O2/c1-2-9(7-18)16-11(19)17-10-5-3-8(4-6-10)12(13,14)15/h3-6,9,18H,2,7H2,1H3,(H2,16,17,19)/t9-/m1/s1. The van der Waals surface area contributed by atoms with Gasteiger partial charge in [-0.1, -0.05) is 6.92 Å². The molecule has 1 atom stereocenters. The molecule has 4 nitrogen and oxygen atoms in total. The van der Waals surface area contributed by atoms with Gasteiger partial charge in [-0.3, -0.25) is 0 Å². The van der Waals surface area contributed by atoms with Crippen LogP contribution in [0.15, 0.2) is 24.3 Å². The van der Waals surface area contributed by atoms with Crippen LogP contribution in [-0.2, 0) is 6.18 Å². The van der Waals surface area contributed by atoms with Gasteiger partial charge in [-0.2, -0.15) is 13.2 Å². The minimum atomic E-state index is -4.40. The maximum Gasteiger partial charge on any atom is 0.416 e. The average Bonchev–Trinajstić information content (AvgIpc) is 2.35. The zero-order valence-electron chi connectivity index (χ0n) is 10.3. The average molecular weight is 276 g/mol. The van der Waals surface area contributed by atoms with E-state index in [0.29, 0.717) is 6.42 Å². The maximum absolute atomic E-state index is 12.3. The molecular weight excluding hydrogens is 261 g/mol. The molecule has 3 N–H and O–H groups in total. The Balaban J connectivity index is 2.61. The Morgan fingerprint density at radius 1 is 1.32 bits per heavy atom. The highest BCUT2D eigenvalue weighted by Gasteiger charge is 2.29. The molecule has 0 aliphatic heterocycles. The van der Waals surface area contributed by atoms with Crippen molar-refractivity contribution in [2.75, 3.05) is 11.9 Å². The Hall–Kier alpha value is -1.76. The number of hydrogen-bond donors (Lipinski definition) is 3. The van der Waals surface area contributed by atoms with Crippen LogP contribution < -0.4 is 10.6 Å². The zero-order chi connectivity index (χ0) is 14.5. The van der Waals surface area contributed by atoms with Crippen LogP contribution in [0.4, 0.5) is 23.7 Å². The van der Waals surface area contributed by atoms with E-state index in [-0.39, 0.29) is 18.3 Å². The molecule has 0 unspecified atom stereocenters. The molecule has 0 aliphatic rings. The van der Waals surface area contributed by atoms with Gasteiger partial charge in [0.15, 0.2) is 0 Å². The molecule has 0 fully saturated rings. The molecule has 0 saturated carbocycles. The number of amides is 2. The number of rotatable bonds is 4. The van der Waals surface area contributed by atoms with Crippen LogP contribution in [0.2, 0.25) is 0 Å². The van der Waals surface area contributed by atoms with Crippen LogP contribution in [-0.4, -0.2) is 23.8 Å². The smallest absolute Gasteiger partial charge is 0.394 e. The van der Waals surface area contributed by atoms with Crippen LogP contribution in [0.1, 0.15) is 18.9 Å². The van der Waals surface area contributed by atoms with Gasteiger partial charge in [-0.25, -0.2) is 4.79 Å². The number of benzene rings is 1. The lowest BCUT2D eigenvalue weighted by molar-refractivity contribution is -0.137. The van der Waals surface area contributed by atoms with Crippen molar-refractivity contribution in [1.82, 2.24) is 5.32 Å². The normalized spacial score (nSPS) is 12.9. The first-order valence-electron chi connectivity index (χ1n) is 5.72. The van der Waals surface area contributed by atoms with Crippen LogP contribution in [0.3, 0.4) is 0 Å². The predicted molar refractivity (Wildman–Crippen MR) is 64.8 cm³/mol. The van der Waals surface area contributed by atoms with Crippen molar-refractivity contribution in [3.8, 4) is 0 Å². The van der Waals surface area contributed by atoms with Gasteiger partial charge in [0.1, 0.15) is 0 Å². The van der Waals surface area contributed by atoms with Gasteiger partial charge in [0.2, 0.25) is 0 Å². The van der Waals surface area contributed by atoms with E-state index in [9.17, 15) is 18.0 Å². The van der Waals surface area contributed by atoms with Crippen LogP contribution in [0.25, 0.3) is 0 Å². The number of nitrogens with one attached hydrogen (secondary N) is 2. The first-order valence-corrected chi connectivity index (χ1v) is 5.72. The summed E-state index contributed by atoms with van der Waals surface area (Å²) in [5.74, 6) is 0. The number of carbonyl (C=O) groups excluding carboxylic acids is 1. The summed E-state index contributed by atoms with van der Waals surface area (Å²) >= 11 is 0. The van der Waals surface area contributed by atoms with Crippen molar-refractivity contribution in [1.29, 1.82) is 0 Å². The molecule has 0 aliphatic carbocycles. The van der Waals surface area contributed by atoms with Gasteiger partial charge in [-0.05, 0) is 30.7 Å². The molecule has 0 spiro atoms. The molecule has 0 bridgehead atoms. The lowest BCUT2D eigenvalue weighted by atomic mass is 10.2. The molecule has 106 valence electrons. The second-order valence-corrected chi connectivity index (χ2v) is 3.96. The quantitative estimate of drug-likeness (QED) is 0.791. The molecule has 1 aromatic carbocycles. The van der Waals surface area contributed by atoms with Gasteiger partial charge in [-0.15, -0.1) is 0 Å². The topological polar surface area (TPSA) is 61.4 Å². The zero-order valence-corrected chi connectivity index (χ0v) is 10.3. The first kappa shape index (κ1) is 15.3. The van der Waals surface area contributed by atoms with E-state index in [1.165, 1.54) is 12.1 Å². The summed E-state index contributed by atoms with van der Waals surface area (Å²) in [6, 6.07) is 3.16. The molecular formula is C12H15F3N2O2. The molecule has 0 aromatic heterocycles. The summed E-state index contributed by atoms with van der Waals surface area (Å²) in [5, 5.41) is 13.8. The van der Waals surface area contributed by atoms with Gasteiger partial charge < -0.3 is 15.7 Å². The van der Waals surface area contributed by atoms with E-state index in [1.807, 2.05) is 0 Å². The van der Waals surface area contributed by atoms with Crippen molar-refractivity contribution in [2.45, 2.75) is 25.6 Å². The fourth-order valence-electron chi connectivity index (χ4n) is 1.37. The van der Waals surface area contributed by atoms with Crippen LogP contribution >= 0.6 is 0 Å². The highest BCUT2D eigenvalue weighted by Crippen LogP contribution is 2.29. The minimum Gasteiger partial charge on any atom is -0.394 e. The SMILES string of the molecule is CC[C@H](CO)NC(=O)Nc1ccc(C(F)(F)F)cc1. The van der Waals surface area contributed by atoms with E-state index in [2.05, 4.69) is 10.6 Å². The second-order valence-electron chi connectivity index (χ2n) is 3.96. The third kappa shape index (κ3) is 4.78. The summed E-state index contributed by atoms with van der Waals surface area (Å²) in [4.78, 5) is 11.5. The van der Waals surface area contributed by atoms with E-state index in [0.717, 1.165) is 12.1 Å². The molecule has 0 saturated heterocycles. The molecule has 7 heteroatoms. The Morgan fingerprint density at radius 3 is 2.32 bits per heavy atom. The Morgan fingerprint density at radius 2 is 1.89 bits per heavy atom. The van der Waals surface area contributed by atoms with Gasteiger partial charge in [0.05, 0.1) is 18.2 Å². The summed E-state index contributed by atoms with van der Waals surface area (Å²) < 4.78 is 37.0. The van der Waals surface area contributed by atoms with Crippen LogP contribution in [0, 0.1) is 0 Å². The summed E-state index contributed by atoms with van der Waals surface area (Å²) in [5.41, 5.74) is -0.529. The Bertz CT molecular complexity index is 414. The number of aliphatic hydroxyl groups excluding tert-OH is 1. The number of halogens is 3. The molecule has 1 rings (SSSR count). The van der Waals surface area contributed by atoms with Gasteiger partial charge in [0, 0.05) is 5.69 Å². The van der Waals surface area contributed by atoms with E-state index < -0.39 is 17.8 Å².